The first-order valence-corrected chi connectivity index (χ1v) is 14.5. The summed E-state index contributed by atoms with van der Waals surface area (Å²) in [5, 5.41) is 12.2. The minimum atomic E-state index is -1.21. The molecule has 2 aliphatic rings. The lowest BCUT2D eigenvalue weighted by Gasteiger charge is -2.31. The smallest absolute Gasteiger partial charge is 0.252 e. The van der Waals surface area contributed by atoms with Crippen molar-refractivity contribution in [2.24, 2.45) is 10.9 Å². The predicted octanol–water partition coefficient (Wildman–Crippen LogP) is 6.00. The number of aliphatic imine (C=N–C) groups is 1. The van der Waals surface area contributed by atoms with Crippen molar-refractivity contribution in [2.45, 2.75) is 37.3 Å². The van der Waals surface area contributed by atoms with E-state index in [4.69, 9.17) is 19.6 Å². The summed E-state index contributed by atoms with van der Waals surface area (Å²) in [7, 11) is 0. The van der Waals surface area contributed by atoms with Gasteiger partial charge in [0.05, 0.1) is 6.61 Å². The summed E-state index contributed by atoms with van der Waals surface area (Å²) >= 11 is 7.36. The molecule has 1 fully saturated rings. The summed E-state index contributed by atoms with van der Waals surface area (Å²) in [6.45, 7) is 1.17. The van der Waals surface area contributed by atoms with Crippen LogP contribution in [0.5, 0.6) is 5.75 Å². The molecule has 6 nitrogen and oxygen atoms in total. The fourth-order valence-electron chi connectivity index (χ4n) is 4.59. The Morgan fingerprint density at radius 2 is 1.74 bits per heavy atom. The van der Waals surface area contributed by atoms with E-state index in [0.29, 0.717) is 43.6 Å². The van der Waals surface area contributed by atoms with Crippen LogP contribution in [0.25, 0.3) is 0 Å². The monoisotopic (exact) mass is 640 g/mol. The summed E-state index contributed by atoms with van der Waals surface area (Å²) in [5.41, 5.74) is 1.39. The lowest BCUT2D eigenvalue weighted by Crippen LogP contribution is -2.50. The highest BCUT2D eigenvalue weighted by atomic mass is 79.9. The standard InChI is InChI=1S/C30H30Br2N2O4/c31-25-8-3-1-6-22(25)18-30(29(36)33-19-20-10-11-20)27(24-7-2-4-9-26(24)32)38-28(34-30)21-12-14-23(15-13-21)37-17-5-16-35/h1-4,6-9,12-15,20,27,35H,5,10-11,16-19H2,(H,33,36)/t27-,30-/m1/s1. The molecule has 1 aliphatic carbocycles. The maximum Gasteiger partial charge on any atom is 0.252 e. The zero-order valence-corrected chi connectivity index (χ0v) is 24.1. The van der Waals surface area contributed by atoms with E-state index in [-0.39, 0.29) is 12.5 Å². The minimum absolute atomic E-state index is 0.0849. The van der Waals surface area contributed by atoms with Crippen molar-refractivity contribution < 1.29 is 19.4 Å². The Balaban J connectivity index is 1.56. The van der Waals surface area contributed by atoms with E-state index in [1.165, 1.54) is 0 Å². The Kier molecular flexibility index (Phi) is 8.51. The van der Waals surface area contributed by atoms with E-state index in [1.54, 1.807) is 0 Å². The number of carbonyl (C=O) groups is 1. The summed E-state index contributed by atoms with van der Waals surface area (Å²) in [5.74, 6) is 1.51. The van der Waals surface area contributed by atoms with Gasteiger partial charge in [-0.2, -0.15) is 0 Å². The van der Waals surface area contributed by atoms with Gasteiger partial charge >= 0.3 is 0 Å². The normalized spacial score (nSPS) is 20.5. The number of aliphatic hydroxyl groups excluding tert-OH is 1. The number of nitrogens with one attached hydrogen (secondary N) is 1. The van der Waals surface area contributed by atoms with E-state index in [0.717, 1.165) is 38.5 Å². The molecule has 1 amide bonds. The third-order valence-electron chi connectivity index (χ3n) is 6.88. The second kappa shape index (κ2) is 12.0. The van der Waals surface area contributed by atoms with Gasteiger partial charge in [-0.25, -0.2) is 4.99 Å². The van der Waals surface area contributed by atoms with Gasteiger partial charge in [-0.3, -0.25) is 4.79 Å². The van der Waals surface area contributed by atoms with Crippen molar-refractivity contribution in [2.75, 3.05) is 19.8 Å². The van der Waals surface area contributed by atoms with Crippen LogP contribution in [0.3, 0.4) is 0 Å². The highest BCUT2D eigenvalue weighted by Crippen LogP contribution is 2.45. The number of hydrogen-bond acceptors (Lipinski definition) is 5. The molecule has 198 valence electrons. The highest BCUT2D eigenvalue weighted by Gasteiger charge is 2.54. The number of carbonyl (C=O) groups excluding carboxylic acids is 1. The molecule has 3 aromatic rings. The maximum absolute atomic E-state index is 14.1. The van der Waals surface area contributed by atoms with Gasteiger partial charge in [-0.15, -0.1) is 0 Å². The largest absolute Gasteiger partial charge is 0.494 e. The van der Waals surface area contributed by atoms with Gasteiger partial charge < -0.3 is 19.9 Å². The molecular weight excluding hydrogens is 612 g/mol. The summed E-state index contributed by atoms with van der Waals surface area (Å²) in [6.07, 6.45) is 2.58. The van der Waals surface area contributed by atoms with Gasteiger partial charge in [0, 0.05) is 46.1 Å². The van der Waals surface area contributed by atoms with Crippen molar-refractivity contribution in [3.8, 4) is 5.75 Å². The third kappa shape index (κ3) is 5.98. The average molecular weight is 642 g/mol. The van der Waals surface area contributed by atoms with Crippen LogP contribution in [0.1, 0.15) is 42.1 Å². The molecule has 2 atom stereocenters. The van der Waals surface area contributed by atoms with Gasteiger partial charge in [0.1, 0.15) is 5.75 Å². The van der Waals surface area contributed by atoms with E-state index in [2.05, 4.69) is 37.2 Å². The molecular formula is C30H30Br2N2O4. The molecule has 3 aromatic carbocycles. The number of aliphatic hydroxyl groups is 1. The number of ether oxygens (including phenoxy) is 2. The topological polar surface area (TPSA) is 80.2 Å². The molecule has 1 heterocycles. The molecule has 1 saturated carbocycles. The van der Waals surface area contributed by atoms with Crippen molar-refractivity contribution in [3.63, 3.8) is 0 Å². The molecule has 38 heavy (non-hydrogen) atoms. The van der Waals surface area contributed by atoms with Gasteiger partial charge in [0.15, 0.2) is 11.6 Å². The number of nitrogens with zero attached hydrogens (tertiary/aromatic N) is 1. The first-order chi connectivity index (χ1) is 18.5. The van der Waals surface area contributed by atoms with Gasteiger partial charge in [-0.05, 0) is 60.7 Å². The lowest BCUT2D eigenvalue weighted by atomic mass is 9.82. The Morgan fingerprint density at radius 3 is 2.42 bits per heavy atom. The number of rotatable bonds is 11. The van der Waals surface area contributed by atoms with Crippen LogP contribution in [0.15, 0.2) is 86.7 Å². The average Bonchev–Trinajstić information content (AvgIpc) is 3.69. The second-order valence-corrected chi connectivity index (χ2v) is 11.4. The Bertz CT molecular complexity index is 1310. The molecule has 0 bridgehead atoms. The van der Waals surface area contributed by atoms with Crippen LogP contribution in [0, 0.1) is 5.92 Å². The van der Waals surface area contributed by atoms with Gasteiger partial charge in [0.2, 0.25) is 5.90 Å². The van der Waals surface area contributed by atoms with Crippen molar-refractivity contribution in [1.82, 2.24) is 5.32 Å². The van der Waals surface area contributed by atoms with Crippen molar-refractivity contribution in [3.05, 3.63) is 98.4 Å². The van der Waals surface area contributed by atoms with E-state index >= 15 is 0 Å². The number of hydrogen-bond donors (Lipinski definition) is 2. The number of halogens is 2. The SMILES string of the molecule is O=C(NCC1CC1)[C@]1(Cc2ccccc2Br)N=C(c2ccc(OCCCO)cc2)O[C@@H]1c1ccccc1Br. The number of amides is 1. The molecule has 0 aromatic heterocycles. The first-order valence-electron chi connectivity index (χ1n) is 12.9. The van der Waals surface area contributed by atoms with Gasteiger partial charge in [-0.1, -0.05) is 68.3 Å². The molecule has 0 saturated heterocycles. The first kappa shape index (κ1) is 26.9. The molecule has 1 aliphatic heterocycles. The van der Waals surface area contributed by atoms with E-state index in [1.807, 2.05) is 72.8 Å². The fraction of sp³-hybridized carbons (Fsp3) is 0.333. The van der Waals surface area contributed by atoms with Crippen molar-refractivity contribution in [1.29, 1.82) is 0 Å². The Labute approximate surface area is 239 Å². The third-order valence-corrected chi connectivity index (χ3v) is 8.38. The summed E-state index contributed by atoms with van der Waals surface area (Å²) < 4.78 is 14.1. The van der Waals surface area contributed by atoms with Crippen LogP contribution >= 0.6 is 31.9 Å². The minimum Gasteiger partial charge on any atom is -0.494 e. The molecule has 5 rings (SSSR count). The predicted molar refractivity (Wildman–Crippen MR) is 154 cm³/mol. The molecule has 0 unspecified atom stereocenters. The summed E-state index contributed by atoms with van der Waals surface area (Å²) in [6, 6.07) is 23.3. The van der Waals surface area contributed by atoms with Crippen molar-refractivity contribution >= 4 is 43.7 Å². The lowest BCUT2D eigenvalue weighted by molar-refractivity contribution is -0.129. The van der Waals surface area contributed by atoms with E-state index < -0.39 is 11.6 Å². The van der Waals surface area contributed by atoms with Crippen LogP contribution in [0.4, 0.5) is 0 Å². The molecule has 0 radical (unpaired) electrons. The van der Waals surface area contributed by atoms with Crippen LogP contribution in [-0.4, -0.2) is 42.2 Å². The number of benzene rings is 3. The molecule has 8 heteroatoms. The zero-order valence-electron chi connectivity index (χ0n) is 20.9. The fourth-order valence-corrected chi connectivity index (χ4v) is 5.51. The van der Waals surface area contributed by atoms with E-state index in [9.17, 15) is 4.79 Å². The van der Waals surface area contributed by atoms with Crippen LogP contribution < -0.4 is 10.1 Å². The van der Waals surface area contributed by atoms with Crippen LogP contribution in [-0.2, 0) is 16.0 Å². The molecule has 0 spiro atoms. The summed E-state index contributed by atoms with van der Waals surface area (Å²) in [4.78, 5) is 19.2. The second-order valence-electron chi connectivity index (χ2n) is 9.73. The molecule has 2 N–H and O–H groups in total. The highest BCUT2D eigenvalue weighted by molar-refractivity contribution is 9.10. The zero-order chi connectivity index (χ0) is 26.5. The Morgan fingerprint density at radius 1 is 1.03 bits per heavy atom. The van der Waals surface area contributed by atoms with Gasteiger partial charge in [0.25, 0.3) is 5.91 Å². The van der Waals surface area contributed by atoms with Crippen LogP contribution in [0.2, 0.25) is 0 Å². The maximum atomic E-state index is 14.1. The quantitative estimate of drug-likeness (QED) is 0.252. The Hall–Kier alpha value is -2.68.